The lowest BCUT2D eigenvalue weighted by molar-refractivity contribution is 0.142. The zero-order valence-electron chi connectivity index (χ0n) is 11.4. The smallest absolute Gasteiger partial charge is 0.153 e. The van der Waals surface area contributed by atoms with Gasteiger partial charge >= 0.3 is 0 Å². The van der Waals surface area contributed by atoms with Crippen LogP contribution in [0.5, 0.6) is 0 Å². The molecule has 0 aromatic rings. The molecule has 0 aliphatic heterocycles. The minimum Gasteiger partial charge on any atom is -0.409 e. The molecular weight excluding hydrogens is 226 g/mol. The van der Waals surface area contributed by atoms with Crippen LogP contribution in [0.3, 0.4) is 0 Å². The summed E-state index contributed by atoms with van der Waals surface area (Å²) in [6.07, 6.45) is 13.2. The molecule has 0 radical (unpaired) electrons. The molecule has 2 fully saturated rings. The average molecular weight is 253 g/mol. The summed E-state index contributed by atoms with van der Waals surface area (Å²) in [6.45, 7) is 0.645. The van der Waals surface area contributed by atoms with Crippen LogP contribution >= 0.6 is 0 Å². The minimum absolute atomic E-state index is 0.367. The zero-order valence-corrected chi connectivity index (χ0v) is 11.4. The number of nitrogens with zero attached hydrogens (tertiary/aromatic N) is 2. The van der Waals surface area contributed by atoms with Crippen molar-refractivity contribution in [2.45, 2.75) is 76.3 Å². The van der Waals surface area contributed by atoms with Gasteiger partial charge < -0.3 is 10.9 Å². The van der Waals surface area contributed by atoms with Crippen LogP contribution in [0.1, 0.15) is 64.2 Å². The Labute approximate surface area is 110 Å². The normalized spacial score (nSPS) is 24.6. The van der Waals surface area contributed by atoms with Gasteiger partial charge in [-0.2, -0.15) is 0 Å². The van der Waals surface area contributed by atoms with Gasteiger partial charge in [-0.3, -0.25) is 4.90 Å². The first-order valence-electron chi connectivity index (χ1n) is 7.53. The van der Waals surface area contributed by atoms with E-state index in [2.05, 4.69) is 10.1 Å². The highest BCUT2D eigenvalue weighted by Gasteiger charge is 2.29. The van der Waals surface area contributed by atoms with Crippen LogP contribution in [0.2, 0.25) is 0 Å². The fraction of sp³-hybridized carbons (Fsp3) is 0.929. The maximum absolute atomic E-state index is 8.82. The van der Waals surface area contributed by atoms with Crippen molar-refractivity contribution in [3.63, 3.8) is 0 Å². The monoisotopic (exact) mass is 253 g/mol. The predicted molar refractivity (Wildman–Crippen MR) is 73.9 cm³/mol. The highest BCUT2D eigenvalue weighted by atomic mass is 16.4. The van der Waals surface area contributed by atoms with Gasteiger partial charge in [0.1, 0.15) is 0 Å². The van der Waals surface area contributed by atoms with E-state index in [1.165, 1.54) is 64.2 Å². The average Bonchev–Trinajstić information content (AvgIpc) is 2.78. The third-order valence-corrected chi connectivity index (χ3v) is 4.56. The van der Waals surface area contributed by atoms with Crippen molar-refractivity contribution >= 4 is 5.84 Å². The summed E-state index contributed by atoms with van der Waals surface area (Å²) in [5.74, 6) is 0.367. The molecule has 0 unspecified atom stereocenters. The summed E-state index contributed by atoms with van der Waals surface area (Å²) in [5, 5.41) is 12.0. The summed E-state index contributed by atoms with van der Waals surface area (Å²) in [7, 11) is 0. The van der Waals surface area contributed by atoms with Gasteiger partial charge in [0.25, 0.3) is 0 Å². The van der Waals surface area contributed by atoms with E-state index < -0.39 is 0 Å². The minimum atomic E-state index is 0.367. The van der Waals surface area contributed by atoms with E-state index in [0.717, 1.165) is 0 Å². The lowest BCUT2D eigenvalue weighted by atomic mass is 10.0. The fourth-order valence-corrected chi connectivity index (χ4v) is 3.60. The van der Waals surface area contributed by atoms with Gasteiger partial charge in [0.15, 0.2) is 5.84 Å². The molecule has 0 amide bonds. The van der Waals surface area contributed by atoms with Crippen LogP contribution in [0.4, 0.5) is 0 Å². The first-order chi connectivity index (χ1) is 8.81. The summed E-state index contributed by atoms with van der Waals surface area (Å²) >= 11 is 0. The maximum atomic E-state index is 8.82. The van der Waals surface area contributed by atoms with Crippen molar-refractivity contribution in [1.29, 1.82) is 0 Å². The number of hydrogen-bond donors (Lipinski definition) is 2. The van der Waals surface area contributed by atoms with Crippen LogP contribution in [-0.2, 0) is 0 Å². The van der Waals surface area contributed by atoms with E-state index in [9.17, 15) is 0 Å². The summed E-state index contributed by atoms with van der Waals surface area (Å²) in [5.41, 5.74) is 5.75. The number of hydrogen-bond acceptors (Lipinski definition) is 3. The summed E-state index contributed by atoms with van der Waals surface area (Å²) < 4.78 is 0. The Morgan fingerprint density at radius 3 is 1.83 bits per heavy atom. The first kappa shape index (κ1) is 13.7. The Bertz CT molecular complexity index is 266. The molecule has 4 heteroatoms. The van der Waals surface area contributed by atoms with Gasteiger partial charge in [0, 0.05) is 12.1 Å². The molecular formula is C14H27N3O. The topological polar surface area (TPSA) is 61.8 Å². The van der Waals surface area contributed by atoms with Gasteiger partial charge in [-0.1, -0.05) is 43.7 Å². The molecule has 0 bridgehead atoms. The Kier molecular flexibility index (Phi) is 5.29. The number of oxime groups is 1. The fourth-order valence-electron chi connectivity index (χ4n) is 3.60. The van der Waals surface area contributed by atoms with Crippen LogP contribution < -0.4 is 5.73 Å². The molecule has 0 atom stereocenters. The van der Waals surface area contributed by atoms with E-state index in [0.29, 0.717) is 24.5 Å². The molecule has 2 aliphatic rings. The third-order valence-electron chi connectivity index (χ3n) is 4.56. The molecule has 2 aliphatic carbocycles. The van der Waals surface area contributed by atoms with Crippen molar-refractivity contribution in [1.82, 2.24) is 4.90 Å². The largest absolute Gasteiger partial charge is 0.409 e. The van der Waals surface area contributed by atoms with Gasteiger partial charge in [-0.15, -0.1) is 0 Å². The van der Waals surface area contributed by atoms with E-state index in [1.807, 2.05) is 0 Å². The van der Waals surface area contributed by atoms with E-state index >= 15 is 0 Å². The second-order valence-corrected chi connectivity index (χ2v) is 5.85. The van der Waals surface area contributed by atoms with Crippen molar-refractivity contribution in [2.24, 2.45) is 10.9 Å². The summed E-state index contributed by atoms with van der Waals surface area (Å²) in [4.78, 5) is 2.54. The second kappa shape index (κ2) is 6.98. The van der Waals surface area contributed by atoms with Gasteiger partial charge in [-0.05, 0) is 25.7 Å². The standard InChI is InChI=1S/C14H27N3O/c15-14(16-18)11-17(13-9-5-6-10-13)12-7-3-1-2-4-8-12/h12-13,18H,1-11H2,(H2,15,16). The summed E-state index contributed by atoms with van der Waals surface area (Å²) in [6, 6.07) is 1.31. The highest BCUT2D eigenvalue weighted by Crippen LogP contribution is 2.30. The molecule has 4 nitrogen and oxygen atoms in total. The van der Waals surface area contributed by atoms with Gasteiger partial charge in [-0.25, -0.2) is 0 Å². The Balaban J connectivity index is 2.01. The highest BCUT2D eigenvalue weighted by molar-refractivity contribution is 5.81. The van der Waals surface area contributed by atoms with Crippen LogP contribution in [0.25, 0.3) is 0 Å². The predicted octanol–water partition coefficient (Wildman–Crippen LogP) is 2.70. The van der Waals surface area contributed by atoms with E-state index in [4.69, 9.17) is 10.9 Å². The molecule has 3 N–H and O–H groups in total. The van der Waals surface area contributed by atoms with Crippen LogP contribution in [-0.4, -0.2) is 34.6 Å². The maximum Gasteiger partial charge on any atom is 0.153 e. The van der Waals surface area contributed by atoms with Crippen molar-refractivity contribution in [3.05, 3.63) is 0 Å². The number of rotatable bonds is 4. The number of amidine groups is 1. The molecule has 0 saturated heterocycles. The first-order valence-corrected chi connectivity index (χ1v) is 7.53. The van der Waals surface area contributed by atoms with Crippen LogP contribution in [0.15, 0.2) is 5.16 Å². The quantitative estimate of drug-likeness (QED) is 0.266. The Morgan fingerprint density at radius 2 is 1.39 bits per heavy atom. The Morgan fingerprint density at radius 1 is 0.944 bits per heavy atom. The molecule has 104 valence electrons. The van der Waals surface area contributed by atoms with Crippen molar-refractivity contribution in [3.8, 4) is 0 Å². The molecule has 0 spiro atoms. The third kappa shape index (κ3) is 3.61. The molecule has 2 saturated carbocycles. The van der Waals surface area contributed by atoms with Gasteiger partial charge in [0.05, 0.1) is 6.54 Å². The lowest BCUT2D eigenvalue weighted by Crippen LogP contribution is -2.46. The molecule has 2 rings (SSSR count). The van der Waals surface area contributed by atoms with Crippen LogP contribution in [0, 0.1) is 0 Å². The van der Waals surface area contributed by atoms with E-state index in [-0.39, 0.29) is 0 Å². The lowest BCUT2D eigenvalue weighted by Gasteiger charge is -2.35. The second-order valence-electron chi connectivity index (χ2n) is 5.85. The van der Waals surface area contributed by atoms with Crippen molar-refractivity contribution < 1.29 is 5.21 Å². The van der Waals surface area contributed by atoms with Crippen molar-refractivity contribution in [2.75, 3.05) is 6.54 Å². The molecule has 0 heterocycles. The molecule has 0 aromatic carbocycles. The number of nitrogens with two attached hydrogens (primary N) is 1. The van der Waals surface area contributed by atoms with E-state index in [1.54, 1.807) is 0 Å². The zero-order chi connectivity index (χ0) is 12.8. The SMILES string of the molecule is NC(CN(C1CCCCCC1)C1CCCC1)=NO. The van der Waals surface area contributed by atoms with Gasteiger partial charge in [0.2, 0.25) is 0 Å². The molecule has 18 heavy (non-hydrogen) atoms. The molecule has 0 aromatic heterocycles. The Hall–Kier alpha value is -0.770.